The lowest BCUT2D eigenvalue weighted by Crippen LogP contribution is -2.06. The summed E-state index contributed by atoms with van der Waals surface area (Å²) in [5.41, 5.74) is -5.08. The lowest BCUT2D eigenvalue weighted by Gasteiger charge is -2.12. The zero-order valence-corrected chi connectivity index (χ0v) is 12.0. The van der Waals surface area contributed by atoms with Crippen molar-refractivity contribution in [1.29, 1.82) is 5.26 Å². The summed E-state index contributed by atoms with van der Waals surface area (Å²) in [7, 11) is 0.592. The van der Waals surface area contributed by atoms with Gasteiger partial charge in [-0.25, -0.2) is 8.42 Å². The van der Waals surface area contributed by atoms with Crippen LogP contribution < -0.4 is 0 Å². The monoisotopic (exact) mass is 349 g/mol. The van der Waals surface area contributed by atoms with Gasteiger partial charge in [0, 0.05) is 21.5 Å². The Morgan fingerprint density at radius 2 is 1.95 bits per heavy atom. The van der Waals surface area contributed by atoms with Crippen LogP contribution in [0.15, 0.2) is 21.9 Å². The molecule has 104 valence electrons. The molecule has 0 saturated carbocycles. The number of nitrogens with zero attached hydrogens (tertiary/aromatic N) is 1. The average molecular weight is 350 g/mol. The smallest absolute Gasteiger partial charge is 0.207 e. The fourth-order valence-corrected chi connectivity index (χ4v) is 3.89. The van der Waals surface area contributed by atoms with Crippen molar-refractivity contribution in [2.75, 3.05) is 0 Å². The summed E-state index contributed by atoms with van der Waals surface area (Å²) < 4.78 is 59.8. The molecule has 19 heavy (non-hydrogen) atoms. The van der Waals surface area contributed by atoms with Gasteiger partial charge in [0.1, 0.15) is 11.0 Å². The second-order valence-corrected chi connectivity index (χ2v) is 7.03. The number of thioether (sulfide) groups is 1. The number of alkyl halides is 4. The number of benzene rings is 1. The van der Waals surface area contributed by atoms with Gasteiger partial charge in [0.2, 0.25) is 0 Å². The molecule has 0 aromatic heterocycles. The molecule has 10 heteroatoms. The maximum Gasteiger partial charge on any atom is 0.446 e. The highest BCUT2D eigenvalue weighted by Crippen LogP contribution is 2.42. The van der Waals surface area contributed by atoms with Gasteiger partial charge in [0.25, 0.3) is 9.05 Å². The molecule has 0 aliphatic rings. The molecule has 0 fully saturated rings. The van der Waals surface area contributed by atoms with Crippen LogP contribution in [0, 0.1) is 11.3 Å². The molecule has 0 aliphatic carbocycles. The van der Waals surface area contributed by atoms with Gasteiger partial charge in [-0.15, -0.1) is 11.6 Å². The van der Waals surface area contributed by atoms with E-state index in [0.717, 1.165) is 12.1 Å². The van der Waals surface area contributed by atoms with Gasteiger partial charge >= 0.3 is 5.51 Å². The first-order valence-electron chi connectivity index (χ1n) is 4.42. The van der Waals surface area contributed by atoms with Crippen LogP contribution in [0.5, 0.6) is 0 Å². The molecule has 1 rings (SSSR count). The number of nitriles is 1. The highest BCUT2D eigenvalue weighted by Gasteiger charge is 2.34. The first-order valence-corrected chi connectivity index (χ1v) is 8.08. The second-order valence-electron chi connectivity index (χ2n) is 3.16. The molecule has 0 radical (unpaired) electrons. The molecule has 0 bridgehead atoms. The molecule has 0 saturated heterocycles. The summed E-state index contributed by atoms with van der Waals surface area (Å²) in [6.45, 7) is 0. The van der Waals surface area contributed by atoms with Crippen LogP contribution in [-0.2, 0) is 14.9 Å². The first-order chi connectivity index (χ1) is 8.60. The van der Waals surface area contributed by atoms with Crippen LogP contribution >= 0.6 is 34.0 Å². The minimum absolute atomic E-state index is 0.0925. The number of rotatable bonds is 3. The highest BCUT2D eigenvalue weighted by atomic mass is 35.7. The fraction of sp³-hybridized carbons (Fsp3) is 0.222. The summed E-state index contributed by atoms with van der Waals surface area (Å²) in [6, 6.07) is 3.60. The molecule has 0 spiro atoms. The van der Waals surface area contributed by atoms with Crippen LogP contribution in [0.3, 0.4) is 0 Å². The van der Waals surface area contributed by atoms with Crippen molar-refractivity contribution in [3.8, 4) is 6.07 Å². The lowest BCUT2D eigenvalue weighted by atomic mass is 10.1. The van der Waals surface area contributed by atoms with E-state index in [9.17, 15) is 21.6 Å². The SMILES string of the molecule is N#Cc1c(CCl)ccc(SC(F)(F)F)c1S(=O)(=O)Cl. The lowest BCUT2D eigenvalue weighted by molar-refractivity contribution is -0.0328. The zero-order valence-electron chi connectivity index (χ0n) is 8.83. The maximum absolute atomic E-state index is 12.3. The third-order valence-corrected chi connectivity index (χ3v) is 4.52. The van der Waals surface area contributed by atoms with Crippen LogP contribution in [-0.4, -0.2) is 13.9 Å². The molecule has 0 unspecified atom stereocenters. The molecule has 0 aliphatic heterocycles. The van der Waals surface area contributed by atoms with Crippen molar-refractivity contribution >= 4 is 43.1 Å². The minimum atomic E-state index is -4.70. The van der Waals surface area contributed by atoms with Crippen molar-refractivity contribution in [1.82, 2.24) is 0 Å². The number of halogens is 5. The molecule has 0 heterocycles. The van der Waals surface area contributed by atoms with E-state index >= 15 is 0 Å². The Morgan fingerprint density at radius 1 is 1.37 bits per heavy atom. The van der Waals surface area contributed by atoms with Gasteiger partial charge in [-0.3, -0.25) is 0 Å². The molecule has 1 aromatic rings. The molecule has 0 N–H and O–H groups in total. The Balaban J connectivity index is 3.64. The Kier molecular flexibility index (Phi) is 5.01. The Labute approximate surface area is 120 Å². The van der Waals surface area contributed by atoms with Crippen LogP contribution in [0.2, 0.25) is 0 Å². The first kappa shape index (κ1) is 16.4. The van der Waals surface area contributed by atoms with Crippen LogP contribution in [0.1, 0.15) is 11.1 Å². The van der Waals surface area contributed by atoms with Gasteiger partial charge in [-0.2, -0.15) is 18.4 Å². The summed E-state index contributed by atoms with van der Waals surface area (Å²) in [6.07, 6.45) is 0. The molecule has 0 atom stereocenters. The van der Waals surface area contributed by atoms with Gasteiger partial charge in [-0.1, -0.05) is 6.07 Å². The average Bonchev–Trinajstić information content (AvgIpc) is 2.24. The second kappa shape index (κ2) is 5.79. The topological polar surface area (TPSA) is 57.9 Å². The highest BCUT2D eigenvalue weighted by molar-refractivity contribution is 8.14. The van der Waals surface area contributed by atoms with Gasteiger partial charge < -0.3 is 0 Å². The standard InChI is InChI=1S/C9H4Cl2F3NO2S2/c10-3-5-1-2-7(18-9(12,13)14)8(6(5)4-15)19(11,16)17/h1-2H,3H2. The zero-order chi connectivity index (χ0) is 14.8. The predicted molar refractivity (Wildman–Crippen MR) is 65.7 cm³/mol. The quantitative estimate of drug-likeness (QED) is 0.472. The van der Waals surface area contributed by atoms with Gasteiger partial charge in [0.15, 0.2) is 0 Å². The van der Waals surface area contributed by atoms with E-state index in [-0.39, 0.29) is 11.4 Å². The summed E-state index contributed by atoms with van der Waals surface area (Å²) in [5.74, 6) is -0.223. The Hall–Kier alpha value is -0.620. The molecule has 1 aromatic carbocycles. The summed E-state index contributed by atoms with van der Waals surface area (Å²) in [5, 5.41) is 8.89. The molecular weight excluding hydrogens is 346 g/mol. The van der Waals surface area contributed by atoms with Crippen LogP contribution in [0.25, 0.3) is 0 Å². The van der Waals surface area contributed by atoms with Crippen molar-refractivity contribution in [2.45, 2.75) is 21.2 Å². The van der Waals surface area contributed by atoms with E-state index in [1.54, 1.807) is 0 Å². The Bertz CT molecular complexity index is 638. The third kappa shape index (κ3) is 4.18. The fourth-order valence-electron chi connectivity index (χ4n) is 1.29. The van der Waals surface area contributed by atoms with E-state index in [2.05, 4.69) is 0 Å². The Morgan fingerprint density at radius 3 is 2.32 bits per heavy atom. The predicted octanol–water partition coefficient (Wildman–Crippen LogP) is 3.84. The van der Waals surface area contributed by atoms with Crippen molar-refractivity contribution in [3.63, 3.8) is 0 Å². The number of hydrogen-bond acceptors (Lipinski definition) is 4. The van der Waals surface area contributed by atoms with E-state index in [1.807, 2.05) is 0 Å². The third-order valence-electron chi connectivity index (χ3n) is 1.93. The van der Waals surface area contributed by atoms with Gasteiger partial charge in [-0.05, 0) is 23.4 Å². The minimum Gasteiger partial charge on any atom is -0.207 e. The van der Waals surface area contributed by atoms with E-state index in [0.29, 0.717) is 0 Å². The van der Waals surface area contributed by atoms with Gasteiger partial charge in [0.05, 0.1) is 5.56 Å². The summed E-state index contributed by atoms with van der Waals surface area (Å²) in [4.78, 5) is -1.52. The van der Waals surface area contributed by atoms with Crippen LogP contribution in [0.4, 0.5) is 13.2 Å². The molecule has 0 amide bonds. The van der Waals surface area contributed by atoms with Crippen molar-refractivity contribution < 1.29 is 21.6 Å². The van der Waals surface area contributed by atoms with E-state index in [4.69, 9.17) is 27.5 Å². The maximum atomic E-state index is 12.3. The van der Waals surface area contributed by atoms with Crippen molar-refractivity contribution in [3.05, 3.63) is 23.3 Å². The normalized spacial score (nSPS) is 12.2. The molecular formula is C9H4Cl2F3NO2S2. The van der Waals surface area contributed by atoms with E-state index < -0.39 is 41.7 Å². The molecule has 3 nitrogen and oxygen atoms in total. The largest absolute Gasteiger partial charge is 0.446 e. The van der Waals surface area contributed by atoms with E-state index in [1.165, 1.54) is 6.07 Å². The summed E-state index contributed by atoms with van der Waals surface area (Å²) >= 11 is 4.85. The van der Waals surface area contributed by atoms with Crippen molar-refractivity contribution in [2.24, 2.45) is 0 Å². The number of hydrogen-bond donors (Lipinski definition) is 0.